The SMILES string of the molecule is CC1(C)CN(C(CN)c2ccccc2Cl)CCS1. The molecule has 1 heterocycles. The monoisotopic (exact) mass is 284 g/mol. The predicted molar refractivity (Wildman–Crippen MR) is 81.4 cm³/mol. The number of nitrogens with zero attached hydrogens (tertiary/aromatic N) is 1. The first-order valence-corrected chi connectivity index (χ1v) is 7.72. The number of benzene rings is 1. The van der Waals surface area contributed by atoms with Crippen LogP contribution in [0.2, 0.25) is 5.02 Å². The molecule has 2 rings (SSSR count). The van der Waals surface area contributed by atoms with Crippen LogP contribution in [0.15, 0.2) is 24.3 Å². The topological polar surface area (TPSA) is 29.3 Å². The second kappa shape index (κ2) is 5.83. The second-order valence-electron chi connectivity index (χ2n) is 5.35. The van der Waals surface area contributed by atoms with Gasteiger partial charge in [0, 0.05) is 41.2 Å². The van der Waals surface area contributed by atoms with Gasteiger partial charge in [0.1, 0.15) is 0 Å². The molecule has 0 radical (unpaired) electrons. The lowest BCUT2D eigenvalue weighted by molar-refractivity contribution is 0.192. The van der Waals surface area contributed by atoms with E-state index in [4.69, 9.17) is 17.3 Å². The zero-order chi connectivity index (χ0) is 13.2. The fraction of sp³-hybridized carbons (Fsp3) is 0.571. The Hall–Kier alpha value is -0.220. The molecule has 2 nitrogen and oxygen atoms in total. The quantitative estimate of drug-likeness (QED) is 0.924. The number of rotatable bonds is 3. The van der Waals surface area contributed by atoms with Crippen LogP contribution < -0.4 is 5.73 Å². The van der Waals surface area contributed by atoms with Crippen molar-refractivity contribution in [1.29, 1.82) is 0 Å². The molecule has 0 saturated carbocycles. The van der Waals surface area contributed by atoms with Crippen molar-refractivity contribution in [2.45, 2.75) is 24.6 Å². The van der Waals surface area contributed by atoms with E-state index in [1.54, 1.807) is 0 Å². The molecule has 0 spiro atoms. The summed E-state index contributed by atoms with van der Waals surface area (Å²) in [4.78, 5) is 2.47. The van der Waals surface area contributed by atoms with Gasteiger partial charge >= 0.3 is 0 Å². The summed E-state index contributed by atoms with van der Waals surface area (Å²) in [6, 6.07) is 8.28. The molecule has 1 aromatic rings. The van der Waals surface area contributed by atoms with Crippen LogP contribution in [0.5, 0.6) is 0 Å². The van der Waals surface area contributed by atoms with Gasteiger partial charge in [-0.2, -0.15) is 11.8 Å². The molecular formula is C14H21ClN2S. The lowest BCUT2D eigenvalue weighted by Crippen LogP contribution is -2.46. The van der Waals surface area contributed by atoms with E-state index in [2.05, 4.69) is 24.8 Å². The van der Waals surface area contributed by atoms with Crippen molar-refractivity contribution in [2.75, 3.05) is 25.4 Å². The first kappa shape index (κ1) is 14.2. The Balaban J connectivity index is 2.21. The Bertz CT molecular complexity index is 409. The minimum atomic E-state index is 0.235. The van der Waals surface area contributed by atoms with Crippen molar-refractivity contribution in [1.82, 2.24) is 4.90 Å². The van der Waals surface area contributed by atoms with Crippen LogP contribution in [0.25, 0.3) is 0 Å². The highest BCUT2D eigenvalue weighted by atomic mass is 35.5. The van der Waals surface area contributed by atoms with Gasteiger partial charge in [0.25, 0.3) is 0 Å². The maximum Gasteiger partial charge on any atom is 0.0486 e. The Kier molecular flexibility index (Phi) is 4.59. The Morgan fingerprint density at radius 1 is 1.44 bits per heavy atom. The van der Waals surface area contributed by atoms with Crippen LogP contribution in [-0.4, -0.2) is 35.0 Å². The highest BCUT2D eigenvalue weighted by molar-refractivity contribution is 8.00. The minimum absolute atomic E-state index is 0.235. The smallest absolute Gasteiger partial charge is 0.0486 e. The van der Waals surface area contributed by atoms with Crippen LogP contribution in [-0.2, 0) is 0 Å². The fourth-order valence-electron chi connectivity index (χ4n) is 2.54. The summed E-state index contributed by atoms with van der Waals surface area (Å²) in [6.45, 7) is 7.35. The molecule has 4 heteroatoms. The highest BCUT2D eigenvalue weighted by Crippen LogP contribution is 2.35. The van der Waals surface area contributed by atoms with Crippen molar-refractivity contribution in [3.05, 3.63) is 34.9 Å². The molecule has 1 aromatic carbocycles. The van der Waals surface area contributed by atoms with Gasteiger partial charge in [0.15, 0.2) is 0 Å². The molecule has 1 aliphatic rings. The van der Waals surface area contributed by atoms with Crippen molar-refractivity contribution in [3.8, 4) is 0 Å². The molecule has 0 aromatic heterocycles. The van der Waals surface area contributed by atoms with Crippen molar-refractivity contribution >= 4 is 23.4 Å². The zero-order valence-electron chi connectivity index (χ0n) is 11.0. The number of hydrogen-bond donors (Lipinski definition) is 1. The lowest BCUT2D eigenvalue weighted by Gasteiger charge is -2.41. The molecule has 18 heavy (non-hydrogen) atoms. The Morgan fingerprint density at radius 3 is 2.78 bits per heavy atom. The molecule has 1 fully saturated rings. The summed E-state index contributed by atoms with van der Waals surface area (Å²) in [6.07, 6.45) is 0. The average molecular weight is 285 g/mol. The van der Waals surface area contributed by atoms with Gasteiger partial charge in [-0.25, -0.2) is 0 Å². The number of nitrogens with two attached hydrogens (primary N) is 1. The summed E-state index contributed by atoms with van der Waals surface area (Å²) >= 11 is 8.34. The molecule has 2 N–H and O–H groups in total. The van der Waals surface area contributed by atoms with E-state index >= 15 is 0 Å². The van der Waals surface area contributed by atoms with Crippen molar-refractivity contribution in [2.24, 2.45) is 5.73 Å². The summed E-state index contributed by atoms with van der Waals surface area (Å²) < 4.78 is 0.299. The van der Waals surface area contributed by atoms with Crippen LogP contribution in [0.4, 0.5) is 0 Å². The van der Waals surface area contributed by atoms with Crippen molar-refractivity contribution in [3.63, 3.8) is 0 Å². The van der Waals surface area contributed by atoms with Crippen LogP contribution in [0.1, 0.15) is 25.5 Å². The van der Waals surface area contributed by atoms with Gasteiger partial charge in [0.2, 0.25) is 0 Å². The Labute approximate surface area is 119 Å². The van der Waals surface area contributed by atoms with E-state index < -0.39 is 0 Å². The van der Waals surface area contributed by atoms with E-state index in [0.717, 1.165) is 29.4 Å². The molecule has 0 bridgehead atoms. The van der Waals surface area contributed by atoms with Gasteiger partial charge in [0.05, 0.1) is 0 Å². The minimum Gasteiger partial charge on any atom is -0.329 e. The molecule has 0 aliphatic carbocycles. The normalized spacial score (nSPS) is 21.8. The molecule has 0 amide bonds. The lowest BCUT2D eigenvalue weighted by atomic mass is 10.0. The van der Waals surface area contributed by atoms with E-state index in [9.17, 15) is 0 Å². The number of halogens is 1. The summed E-state index contributed by atoms with van der Waals surface area (Å²) in [5, 5.41) is 0.823. The summed E-state index contributed by atoms with van der Waals surface area (Å²) in [5.74, 6) is 1.16. The molecular weight excluding hydrogens is 264 g/mol. The van der Waals surface area contributed by atoms with Crippen LogP contribution in [0.3, 0.4) is 0 Å². The first-order chi connectivity index (χ1) is 8.53. The van der Waals surface area contributed by atoms with Crippen LogP contribution >= 0.6 is 23.4 Å². The number of thioether (sulfide) groups is 1. The van der Waals surface area contributed by atoms with Crippen molar-refractivity contribution < 1.29 is 0 Å². The summed E-state index contributed by atoms with van der Waals surface area (Å²) in [7, 11) is 0. The van der Waals surface area contributed by atoms with Gasteiger partial charge in [-0.15, -0.1) is 0 Å². The average Bonchev–Trinajstić information content (AvgIpc) is 2.31. The third kappa shape index (κ3) is 3.21. The zero-order valence-corrected chi connectivity index (χ0v) is 12.6. The summed E-state index contributed by atoms with van der Waals surface area (Å²) in [5.41, 5.74) is 7.14. The molecule has 1 atom stereocenters. The van der Waals surface area contributed by atoms with Gasteiger partial charge < -0.3 is 5.73 Å². The standard InChI is InChI=1S/C14H21ClN2S/c1-14(2)10-17(7-8-18-14)13(9-16)11-5-3-4-6-12(11)15/h3-6,13H,7-10,16H2,1-2H3. The van der Waals surface area contributed by atoms with E-state index in [1.807, 2.05) is 30.0 Å². The molecule has 1 saturated heterocycles. The van der Waals surface area contributed by atoms with Gasteiger partial charge in [-0.05, 0) is 25.5 Å². The molecule has 1 unspecified atom stereocenters. The number of hydrogen-bond acceptors (Lipinski definition) is 3. The molecule has 100 valence electrons. The maximum atomic E-state index is 6.30. The van der Waals surface area contributed by atoms with Crippen LogP contribution in [0, 0.1) is 0 Å². The van der Waals surface area contributed by atoms with E-state index in [0.29, 0.717) is 11.3 Å². The first-order valence-electron chi connectivity index (χ1n) is 6.36. The van der Waals surface area contributed by atoms with Gasteiger partial charge in [-0.1, -0.05) is 29.8 Å². The largest absolute Gasteiger partial charge is 0.329 e. The maximum absolute atomic E-state index is 6.30. The van der Waals surface area contributed by atoms with E-state index in [1.165, 1.54) is 0 Å². The third-order valence-electron chi connectivity index (χ3n) is 3.38. The van der Waals surface area contributed by atoms with Gasteiger partial charge in [-0.3, -0.25) is 4.90 Å². The predicted octanol–water partition coefficient (Wildman–Crippen LogP) is 3.17. The molecule has 1 aliphatic heterocycles. The van der Waals surface area contributed by atoms with E-state index in [-0.39, 0.29) is 6.04 Å². The second-order valence-corrected chi connectivity index (χ2v) is 7.56. The highest BCUT2D eigenvalue weighted by Gasteiger charge is 2.31. The third-order valence-corrected chi connectivity index (χ3v) is 5.02. The fourth-order valence-corrected chi connectivity index (χ4v) is 3.93. The Morgan fingerprint density at radius 2 is 2.17 bits per heavy atom.